The zero-order chi connectivity index (χ0) is 19.8. The molecule has 2 aliphatic rings. The highest BCUT2D eigenvalue weighted by atomic mass is 32.1. The molecule has 2 unspecified atom stereocenters. The van der Waals surface area contributed by atoms with Gasteiger partial charge in [-0.25, -0.2) is 4.39 Å². The summed E-state index contributed by atoms with van der Waals surface area (Å²) in [6.45, 7) is 0.188. The van der Waals surface area contributed by atoms with Gasteiger partial charge in [-0.15, -0.1) is 0 Å². The van der Waals surface area contributed by atoms with Crippen LogP contribution in [0.3, 0.4) is 0 Å². The molecule has 28 heavy (non-hydrogen) atoms. The number of aromatic nitrogens is 2. The highest BCUT2D eigenvalue weighted by molar-refractivity contribution is 7.71. The fourth-order valence-electron chi connectivity index (χ4n) is 3.12. The Morgan fingerprint density at radius 2 is 2.21 bits per heavy atom. The number of halogens is 1. The molecule has 0 aliphatic carbocycles. The van der Waals surface area contributed by atoms with E-state index in [0.29, 0.717) is 41.9 Å². The number of hydrogen-bond acceptors (Lipinski definition) is 9. The van der Waals surface area contributed by atoms with E-state index in [0.717, 1.165) is 0 Å². The van der Waals surface area contributed by atoms with Crippen LogP contribution in [-0.4, -0.2) is 57.9 Å². The average molecular weight is 410 g/mol. The van der Waals surface area contributed by atoms with Crippen LogP contribution in [0.1, 0.15) is 6.23 Å². The monoisotopic (exact) mass is 410 g/mol. The minimum Gasteiger partial charge on any atom is -0.490 e. The van der Waals surface area contributed by atoms with E-state index in [2.05, 4.69) is 10.3 Å². The number of nitrogens with two attached hydrogens (primary N) is 1. The van der Waals surface area contributed by atoms with E-state index in [9.17, 15) is 14.6 Å². The maximum atomic E-state index is 14.5. The first-order valence-corrected chi connectivity index (χ1v) is 9.06. The van der Waals surface area contributed by atoms with Crippen molar-refractivity contribution in [3.8, 4) is 17.2 Å². The van der Waals surface area contributed by atoms with Gasteiger partial charge in [0.2, 0.25) is 4.77 Å². The molecule has 11 heteroatoms. The lowest BCUT2D eigenvalue weighted by atomic mass is 10.1. The van der Waals surface area contributed by atoms with E-state index in [1.165, 1.54) is 10.8 Å². The highest BCUT2D eigenvalue weighted by Gasteiger charge is 2.45. The van der Waals surface area contributed by atoms with Crippen LogP contribution in [0.5, 0.6) is 17.2 Å². The maximum absolute atomic E-state index is 14.5. The van der Waals surface area contributed by atoms with E-state index in [4.69, 9.17) is 32.2 Å². The van der Waals surface area contributed by atoms with Gasteiger partial charge >= 0.3 is 0 Å². The second-order valence-electron chi connectivity index (χ2n) is 6.32. The van der Waals surface area contributed by atoms with Crippen molar-refractivity contribution >= 4 is 23.7 Å². The summed E-state index contributed by atoms with van der Waals surface area (Å²) in [6, 6.07) is 5.27. The quantitative estimate of drug-likeness (QED) is 0.462. The van der Waals surface area contributed by atoms with Gasteiger partial charge in [-0.05, 0) is 24.4 Å². The minimum atomic E-state index is -1.77. The topological polar surface area (TPSA) is 124 Å². The molecule has 1 fully saturated rings. The summed E-state index contributed by atoms with van der Waals surface area (Å²) < 4.78 is 32.6. The number of aliphatic hydroxyl groups excluding tert-OH is 2. The Morgan fingerprint density at radius 1 is 1.39 bits per heavy atom. The van der Waals surface area contributed by atoms with Crippen molar-refractivity contribution in [1.29, 1.82) is 0 Å². The molecule has 5 N–H and O–H groups in total. The third-order valence-corrected chi connectivity index (χ3v) is 4.79. The van der Waals surface area contributed by atoms with Crippen LogP contribution >= 0.6 is 12.2 Å². The van der Waals surface area contributed by atoms with Gasteiger partial charge < -0.3 is 35.5 Å². The molecule has 0 saturated carbocycles. The standard InChI is InChI=1S/C17H19FN4O5S/c18-12-14(24)11(7-23)27-16(12)22-6-10-15(21-17(22)28)20-13-8(25-5-4-19)2-1-3-9(13)26-10/h1-3,6,11-12,14,16,23-24H,4-5,7,19H2,(H,20,21,28)/t11-,12?,14?,16-/m1/s1. The van der Waals surface area contributed by atoms with Crippen molar-refractivity contribution in [3.63, 3.8) is 0 Å². The maximum Gasteiger partial charge on any atom is 0.203 e. The second-order valence-corrected chi connectivity index (χ2v) is 6.68. The number of fused-ring (bicyclic) bond motifs is 2. The SMILES string of the molecule is NCCOc1cccc2c1Nc1nc(=S)n([C@@H]3O[C@H](CO)C(O)C3F)cc1O2. The second kappa shape index (κ2) is 7.60. The molecule has 2 aliphatic heterocycles. The Kier molecular flexibility index (Phi) is 5.17. The van der Waals surface area contributed by atoms with Gasteiger partial charge in [0, 0.05) is 6.54 Å². The molecule has 0 spiro atoms. The summed E-state index contributed by atoms with van der Waals surface area (Å²) in [7, 11) is 0. The number of nitrogens with one attached hydrogen (secondary N) is 1. The smallest absolute Gasteiger partial charge is 0.203 e. The van der Waals surface area contributed by atoms with Crippen LogP contribution in [0.4, 0.5) is 15.9 Å². The summed E-state index contributed by atoms with van der Waals surface area (Å²) in [5.74, 6) is 1.68. The lowest BCUT2D eigenvalue weighted by Gasteiger charge is -2.25. The van der Waals surface area contributed by atoms with Crippen molar-refractivity contribution in [2.24, 2.45) is 5.73 Å². The van der Waals surface area contributed by atoms with Gasteiger partial charge in [0.15, 0.2) is 29.7 Å². The molecule has 2 aromatic rings. The van der Waals surface area contributed by atoms with E-state index in [1.54, 1.807) is 18.2 Å². The van der Waals surface area contributed by atoms with Crippen molar-refractivity contribution < 1.29 is 28.8 Å². The van der Waals surface area contributed by atoms with Crippen LogP contribution in [0, 0.1) is 4.77 Å². The van der Waals surface area contributed by atoms with E-state index in [-0.39, 0.29) is 4.77 Å². The van der Waals surface area contributed by atoms with Crippen molar-refractivity contribution in [3.05, 3.63) is 29.2 Å². The fourth-order valence-corrected chi connectivity index (χ4v) is 3.37. The predicted molar refractivity (Wildman–Crippen MR) is 99.3 cm³/mol. The number of aliphatic hydroxyl groups is 2. The fraction of sp³-hybridized carbons (Fsp3) is 0.412. The van der Waals surface area contributed by atoms with Gasteiger partial charge in [-0.3, -0.25) is 4.57 Å². The molecule has 0 bridgehead atoms. The Labute approximate surface area is 164 Å². The lowest BCUT2D eigenvalue weighted by Crippen LogP contribution is -2.30. The normalized spacial score (nSPS) is 25.4. The number of anilines is 2. The number of alkyl halides is 1. The average Bonchev–Trinajstić information content (AvgIpc) is 2.98. The summed E-state index contributed by atoms with van der Waals surface area (Å²) in [5.41, 5.74) is 6.07. The molecule has 1 aromatic carbocycles. The first kappa shape index (κ1) is 19.0. The number of benzene rings is 1. The molecule has 3 heterocycles. The van der Waals surface area contributed by atoms with Gasteiger partial charge in [-0.1, -0.05) is 6.07 Å². The number of nitrogens with zero attached hydrogens (tertiary/aromatic N) is 2. The van der Waals surface area contributed by atoms with Gasteiger partial charge in [0.25, 0.3) is 0 Å². The van der Waals surface area contributed by atoms with Crippen LogP contribution < -0.4 is 20.5 Å². The van der Waals surface area contributed by atoms with E-state index in [1.807, 2.05) is 0 Å². The largest absolute Gasteiger partial charge is 0.490 e. The zero-order valence-corrected chi connectivity index (χ0v) is 15.4. The lowest BCUT2D eigenvalue weighted by molar-refractivity contribution is -0.0485. The Balaban J connectivity index is 1.67. The third-order valence-electron chi connectivity index (χ3n) is 4.49. The number of hydrogen-bond donors (Lipinski definition) is 4. The zero-order valence-electron chi connectivity index (χ0n) is 14.6. The molecular formula is C17H19FN4O5S. The van der Waals surface area contributed by atoms with Crippen LogP contribution in [0.2, 0.25) is 0 Å². The molecule has 4 rings (SSSR count). The summed E-state index contributed by atoms with van der Waals surface area (Å²) in [4.78, 5) is 4.26. The van der Waals surface area contributed by atoms with Crippen LogP contribution in [0.25, 0.3) is 0 Å². The van der Waals surface area contributed by atoms with Crippen molar-refractivity contribution in [2.75, 3.05) is 25.1 Å². The minimum absolute atomic E-state index is 0.0251. The van der Waals surface area contributed by atoms with Gasteiger partial charge in [-0.2, -0.15) is 4.98 Å². The van der Waals surface area contributed by atoms with Crippen molar-refractivity contribution in [2.45, 2.75) is 24.6 Å². The molecule has 1 saturated heterocycles. The van der Waals surface area contributed by atoms with Crippen LogP contribution in [0.15, 0.2) is 24.4 Å². The van der Waals surface area contributed by atoms with Gasteiger partial charge in [0.1, 0.15) is 30.3 Å². The Morgan fingerprint density at radius 3 is 2.93 bits per heavy atom. The molecule has 9 nitrogen and oxygen atoms in total. The summed E-state index contributed by atoms with van der Waals surface area (Å²) in [5, 5.41) is 22.2. The third kappa shape index (κ3) is 3.20. The summed E-state index contributed by atoms with van der Waals surface area (Å²) in [6.07, 6.45) is -4.04. The molecule has 150 valence electrons. The van der Waals surface area contributed by atoms with E-state index < -0.39 is 31.2 Å². The molecule has 0 amide bonds. The van der Waals surface area contributed by atoms with E-state index >= 15 is 0 Å². The number of para-hydroxylation sites is 1. The first-order chi connectivity index (χ1) is 13.5. The van der Waals surface area contributed by atoms with Crippen molar-refractivity contribution in [1.82, 2.24) is 9.55 Å². The van der Waals surface area contributed by atoms with Gasteiger partial charge in [0.05, 0.1) is 12.8 Å². The first-order valence-electron chi connectivity index (χ1n) is 8.66. The predicted octanol–water partition coefficient (Wildman–Crippen LogP) is 1.39. The number of ether oxygens (including phenoxy) is 3. The Bertz CT molecular complexity index is 942. The highest BCUT2D eigenvalue weighted by Crippen LogP contribution is 2.46. The molecular weight excluding hydrogens is 391 g/mol. The molecule has 4 atom stereocenters. The molecule has 0 radical (unpaired) electrons. The van der Waals surface area contributed by atoms with Crippen LogP contribution in [-0.2, 0) is 4.74 Å². The molecule has 1 aromatic heterocycles. The summed E-state index contributed by atoms with van der Waals surface area (Å²) >= 11 is 5.26. The Hall–Kier alpha value is -2.31. The number of rotatable bonds is 5.